The lowest BCUT2D eigenvalue weighted by molar-refractivity contribution is -0.149. The number of rotatable bonds is 16. The summed E-state index contributed by atoms with van der Waals surface area (Å²) in [5, 5.41) is 11.2. The molecule has 1 spiro atoms. The molecule has 312 valence electrons. The number of anilines is 1. The van der Waals surface area contributed by atoms with Gasteiger partial charge in [0.15, 0.2) is 11.4 Å². The number of amides is 2. The average molecular weight is 818 g/mol. The molecular weight excluding hydrogens is 759 g/mol. The van der Waals surface area contributed by atoms with Gasteiger partial charge in [0.05, 0.1) is 47.1 Å². The summed E-state index contributed by atoms with van der Waals surface area (Å²) in [4.78, 5) is 47.0. The average Bonchev–Trinajstić information content (AvgIpc) is 3.65. The molecule has 3 heterocycles. The highest BCUT2D eigenvalue weighted by molar-refractivity contribution is 6.91. The predicted octanol–water partition coefficient (Wildman–Crippen LogP) is 7.52. The molecule has 1 aromatic heterocycles. The second-order valence-corrected chi connectivity index (χ2v) is 21.3. The van der Waals surface area contributed by atoms with Crippen molar-refractivity contribution in [2.24, 2.45) is 5.92 Å². The molecule has 0 aliphatic carbocycles. The number of carbonyl (C=O) groups excluding carboxylic acids is 2. The van der Waals surface area contributed by atoms with E-state index in [1.165, 1.54) is 22.8 Å². The van der Waals surface area contributed by atoms with Crippen molar-refractivity contribution in [3.8, 4) is 17.2 Å². The molecule has 10 nitrogen and oxygen atoms in total. The van der Waals surface area contributed by atoms with Gasteiger partial charge in [-0.1, -0.05) is 91.0 Å². The number of hydrogen-bond donors (Lipinski definition) is 1. The molecule has 0 radical (unpaired) electrons. The summed E-state index contributed by atoms with van der Waals surface area (Å²) >= 11 is 0. The number of ether oxygens (including phenoxy) is 3. The maximum Gasteiger partial charge on any atom is 0.297 e. The molecule has 1 N–H and O–H groups in total. The minimum absolute atomic E-state index is 0.0250. The number of fused-ring (bicyclic) bond motifs is 2. The lowest BCUT2D eigenvalue weighted by atomic mass is 9.82. The van der Waals surface area contributed by atoms with Crippen LogP contribution in [0.4, 0.5) is 5.69 Å². The highest BCUT2D eigenvalue weighted by Gasteiger charge is 2.66. The van der Waals surface area contributed by atoms with E-state index in [2.05, 4.69) is 65.1 Å². The van der Waals surface area contributed by atoms with Gasteiger partial charge in [-0.2, -0.15) is 0 Å². The summed E-state index contributed by atoms with van der Waals surface area (Å²) in [6.45, 7) is 13.6. The molecule has 11 heteroatoms. The third kappa shape index (κ3) is 8.74. The van der Waals surface area contributed by atoms with Crippen molar-refractivity contribution in [2.45, 2.75) is 83.8 Å². The van der Waals surface area contributed by atoms with Gasteiger partial charge in [-0.3, -0.25) is 19.0 Å². The quantitative estimate of drug-likeness (QED) is 0.0921. The topological polar surface area (TPSA) is 111 Å². The van der Waals surface area contributed by atoms with Crippen LogP contribution in [0.2, 0.25) is 18.6 Å². The Morgan fingerprint density at radius 1 is 0.949 bits per heavy atom. The lowest BCUT2D eigenvalue weighted by Crippen LogP contribution is -2.52. The van der Waals surface area contributed by atoms with Gasteiger partial charge in [-0.25, -0.2) is 0 Å². The first-order valence-corrected chi connectivity index (χ1v) is 23.6. The molecule has 0 unspecified atom stereocenters. The smallest absolute Gasteiger partial charge is 0.297 e. The summed E-state index contributed by atoms with van der Waals surface area (Å²) in [7, 11) is 0.524. The van der Waals surface area contributed by atoms with Crippen molar-refractivity contribution >= 4 is 30.8 Å². The van der Waals surface area contributed by atoms with Gasteiger partial charge in [0.25, 0.3) is 11.5 Å². The Morgan fingerprint density at radius 2 is 1.68 bits per heavy atom. The summed E-state index contributed by atoms with van der Waals surface area (Å²) in [6.07, 6.45) is 7.20. The number of nitrogens with zero attached hydrogens (tertiary/aromatic N) is 3. The molecule has 6 rings (SSSR count). The van der Waals surface area contributed by atoms with Crippen LogP contribution in [0, 0.1) is 5.92 Å². The Hall–Kier alpha value is -5.23. The summed E-state index contributed by atoms with van der Waals surface area (Å²) in [5.41, 5.74) is 3.39. The third-order valence-electron chi connectivity index (χ3n) is 12.3. The Balaban J connectivity index is 1.49. The number of methoxy groups -OCH3 is 2. The van der Waals surface area contributed by atoms with Gasteiger partial charge in [-0.15, -0.1) is 0 Å². The van der Waals surface area contributed by atoms with Gasteiger partial charge in [0.1, 0.15) is 5.75 Å². The minimum Gasteiger partial charge on any atom is -0.497 e. The van der Waals surface area contributed by atoms with Gasteiger partial charge in [0.2, 0.25) is 5.91 Å². The van der Waals surface area contributed by atoms with E-state index in [1.54, 1.807) is 30.3 Å². The largest absolute Gasteiger partial charge is 0.497 e. The van der Waals surface area contributed by atoms with Crippen molar-refractivity contribution in [3.63, 3.8) is 0 Å². The fourth-order valence-corrected chi connectivity index (χ4v) is 13.1. The first kappa shape index (κ1) is 43.3. The van der Waals surface area contributed by atoms with E-state index in [9.17, 15) is 14.7 Å². The Kier molecular flexibility index (Phi) is 13.5. The second-order valence-electron chi connectivity index (χ2n) is 16.6. The van der Waals surface area contributed by atoms with Crippen LogP contribution in [0.15, 0.2) is 119 Å². The minimum atomic E-state index is -2.59. The zero-order valence-corrected chi connectivity index (χ0v) is 36.7. The molecule has 0 saturated carbocycles. The maximum absolute atomic E-state index is 15.5. The van der Waals surface area contributed by atoms with Crippen molar-refractivity contribution in [2.75, 3.05) is 38.8 Å². The molecule has 3 aromatic carbocycles. The first-order chi connectivity index (χ1) is 28.3. The van der Waals surface area contributed by atoms with Crippen LogP contribution in [0.1, 0.15) is 58.1 Å². The molecule has 2 aliphatic rings. The number of aromatic nitrogens is 1. The van der Waals surface area contributed by atoms with Gasteiger partial charge in [0, 0.05) is 43.0 Å². The van der Waals surface area contributed by atoms with Crippen molar-refractivity contribution in [1.29, 1.82) is 0 Å². The molecule has 2 aliphatic heterocycles. The molecule has 1 fully saturated rings. The fraction of sp³-hybridized carbons (Fsp3) is 0.396. The molecular formula is C48H59N3O7Si. The van der Waals surface area contributed by atoms with E-state index in [0.717, 1.165) is 35.0 Å². The number of aliphatic hydroxyl groups is 1. The van der Waals surface area contributed by atoms with Gasteiger partial charge >= 0.3 is 0 Å². The van der Waals surface area contributed by atoms with Crippen LogP contribution in [0.25, 0.3) is 5.69 Å². The highest BCUT2D eigenvalue weighted by Crippen LogP contribution is 2.60. The number of hydrogen-bond acceptors (Lipinski definition) is 7. The van der Waals surface area contributed by atoms with Crippen molar-refractivity contribution < 1.29 is 28.9 Å². The monoisotopic (exact) mass is 817 g/mol. The molecule has 0 bridgehead atoms. The van der Waals surface area contributed by atoms with Crippen molar-refractivity contribution in [1.82, 2.24) is 9.47 Å². The Morgan fingerprint density at radius 3 is 2.34 bits per heavy atom. The zero-order valence-electron chi connectivity index (χ0n) is 35.7. The van der Waals surface area contributed by atoms with E-state index in [4.69, 9.17) is 14.2 Å². The van der Waals surface area contributed by atoms with E-state index in [1.807, 2.05) is 65.6 Å². The van der Waals surface area contributed by atoms with Gasteiger partial charge < -0.3 is 29.1 Å². The predicted molar refractivity (Wildman–Crippen MR) is 237 cm³/mol. The van der Waals surface area contributed by atoms with Crippen LogP contribution < -0.4 is 25.1 Å². The van der Waals surface area contributed by atoms with Crippen LogP contribution in [-0.2, 0) is 26.5 Å². The second kappa shape index (κ2) is 18.4. The van der Waals surface area contributed by atoms with Crippen LogP contribution in [0.5, 0.6) is 11.5 Å². The maximum atomic E-state index is 15.5. The number of carbonyl (C=O) groups is 2. The Bertz CT molecular complexity index is 2250. The van der Waals surface area contributed by atoms with E-state index in [-0.39, 0.29) is 54.2 Å². The zero-order chi connectivity index (χ0) is 42.5. The van der Waals surface area contributed by atoms with Crippen LogP contribution >= 0.6 is 0 Å². The highest BCUT2D eigenvalue weighted by atomic mass is 28.3. The number of pyridine rings is 1. The SMILES string of the molecule is COc1ccc([Si](C)(C)[C@@H]2[C@@H](CC(=O)N(CCO)Cc3ccccc3)O[C@]3(C(=O)N(C/C=C(\C)CCC=C(C)C)c4ccc(-n5cccc(OC)c5=O)cc43)[C@H]2C)cc1. The molecule has 4 atom stereocenters. The normalized spacial score (nSPS) is 20.2. The van der Waals surface area contributed by atoms with E-state index >= 15 is 4.79 Å². The summed E-state index contributed by atoms with van der Waals surface area (Å²) in [5.74, 6) is 0.238. The lowest BCUT2D eigenvalue weighted by Gasteiger charge is -2.37. The van der Waals surface area contributed by atoms with E-state index < -0.39 is 19.8 Å². The number of allylic oxidation sites excluding steroid dienone is 3. The molecule has 4 aromatic rings. The van der Waals surface area contributed by atoms with Crippen molar-refractivity contribution in [3.05, 3.63) is 136 Å². The first-order valence-electron chi connectivity index (χ1n) is 20.5. The molecule has 1 saturated heterocycles. The molecule has 2 amide bonds. The fourth-order valence-electron chi connectivity index (χ4n) is 9.12. The van der Waals surface area contributed by atoms with Crippen LogP contribution in [-0.4, -0.2) is 74.5 Å². The number of aliphatic hydroxyl groups excluding tert-OH is 1. The number of benzene rings is 3. The van der Waals surface area contributed by atoms with E-state index in [0.29, 0.717) is 24.3 Å². The standard InChI is InChI=1S/C48H59N3O7Si/c1-33(2)14-12-15-34(3)25-27-51-41-24-19-37(50-26-13-18-42(57-6)46(50)54)30-40(41)48(47(51)55)35(4)45(59(7,8)39-22-20-38(56-5)21-23-39)43(58-48)31-44(53)49(28-29-52)32-36-16-10-9-11-17-36/h9-11,13-14,16-26,30,35,43,45,52H,12,15,27-29,31-32H2,1-8H3/b34-25+/t35-,43+,45-,48+/m0/s1. The Labute approximate surface area is 349 Å². The third-order valence-corrected chi connectivity index (χ3v) is 16.6. The van der Waals surface area contributed by atoms with Gasteiger partial charge in [-0.05, 0) is 87.2 Å². The summed E-state index contributed by atoms with van der Waals surface area (Å²) in [6, 6.07) is 26.9. The summed E-state index contributed by atoms with van der Waals surface area (Å²) < 4.78 is 19.8. The van der Waals surface area contributed by atoms with Crippen LogP contribution in [0.3, 0.4) is 0 Å². The molecule has 59 heavy (non-hydrogen) atoms.